The van der Waals surface area contributed by atoms with E-state index in [4.69, 9.17) is 18.0 Å². The second-order valence-electron chi connectivity index (χ2n) is 4.46. The summed E-state index contributed by atoms with van der Waals surface area (Å²) in [4.78, 5) is 2.97. The van der Waals surface area contributed by atoms with Crippen molar-refractivity contribution in [1.82, 2.24) is 4.90 Å². The Morgan fingerprint density at radius 3 is 2.31 bits per heavy atom. The highest BCUT2D eigenvalue weighted by Gasteiger charge is 2.25. The van der Waals surface area contributed by atoms with E-state index in [2.05, 4.69) is 36.1 Å². The Morgan fingerprint density at radius 1 is 1.25 bits per heavy atom. The van der Waals surface area contributed by atoms with Gasteiger partial charge in [-0.2, -0.15) is 0 Å². The topological polar surface area (TPSA) is 29.3 Å². The van der Waals surface area contributed by atoms with Crippen molar-refractivity contribution in [1.29, 1.82) is 0 Å². The van der Waals surface area contributed by atoms with Crippen molar-refractivity contribution in [3.8, 4) is 0 Å². The van der Waals surface area contributed by atoms with E-state index in [1.165, 1.54) is 24.0 Å². The second-order valence-corrected chi connectivity index (χ2v) is 4.93. The number of aryl methyl sites for hydroxylation is 1. The van der Waals surface area contributed by atoms with Crippen molar-refractivity contribution in [3.05, 3.63) is 35.4 Å². The number of thiocarbonyl (C=S) groups is 1. The molecule has 86 valence electrons. The lowest BCUT2D eigenvalue weighted by molar-refractivity contribution is 0.305. The van der Waals surface area contributed by atoms with Gasteiger partial charge in [0.15, 0.2) is 0 Å². The summed E-state index contributed by atoms with van der Waals surface area (Å²) < 4.78 is 0. The van der Waals surface area contributed by atoms with E-state index in [9.17, 15) is 0 Å². The second kappa shape index (κ2) is 4.93. The number of benzene rings is 1. The van der Waals surface area contributed by atoms with E-state index in [1.807, 2.05) is 0 Å². The van der Waals surface area contributed by atoms with Gasteiger partial charge in [-0.05, 0) is 38.4 Å². The van der Waals surface area contributed by atoms with Crippen molar-refractivity contribution < 1.29 is 0 Å². The standard InChI is InChI=1S/C13H18N2S/c1-10-4-6-11(7-5-10)12(13(14)16)15-8-2-3-9-15/h4-7,12H,2-3,8-9H2,1H3,(H2,14,16). The number of hydrogen-bond acceptors (Lipinski definition) is 2. The minimum absolute atomic E-state index is 0.123. The summed E-state index contributed by atoms with van der Waals surface area (Å²) in [5.74, 6) is 0. The lowest BCUT2D eigenvalue weighted by atomic mass is 10.0. The summed E-state index contributed by atoms with van der Waals surface area (Å²) in [6, 6.07) is 8.64. The van der Waals surface area contributed by atoms with Crippen molar-refractivity contribution in [2.45, 2.75) is 25.8 Å². The molecule has 3 heteroatoms. The number of nitrogens with two attached hydrogens (primary N) is 1. The van der Waals surface area contributed by atoms with Crippen LogP contribution in [0.3, 0.4) is 0 Å². The van der Waals surface area contributed by atoms with E-state index in [-0.39, 0.29) is 6.04 Å². The predicted octanol–water partition coefficient (Wildman–Crippen LogP) is 2.42. The Kier molecular flexibility index (Phi) is 3.56. The van der Waals surface area contributed by atoms with Gasteiger partial charge in [-0.15, -0.1) is 0 Å². The largest absolute Gasteiger partial charge is 0.392 e. The fourth-order valence-electron chi connectivity index (χ4n) is 2.30. The maximum Gasteiger partial charge on any atom is 0.0948 e. The van der Waals surface area contributed by atoms with Crippen LogP contribution in [-0.2, 0) is 0 Å². The van der Waals surface area contributed by atoms with Crippen LogP contribution in [0.2, 0.25) is 0 Å². The summed E-state index contributed by atoms with van der Waals surface area (Å²) in [5, 5.41) is 0. The van der Waals surface area contributed by atoms with Gasteiger partial charge in [-0.1, -0.05) is 42.0 Å². The van der Waals surface area contributed by atoms with Crippen LogP contribution in [0.5, 0.6) is 0 Å². The first-order valence-corrected chi connectivity index (χ1v) is 6.19. The van der Waals surface area contributed by atoms with Gasteiger partial charge in [0.25, 0.3) is 0 Å². The van der Waals surface area contributed by atoms with Crippen molar-refractivity contribution in [2.24, 2.45) is 5.73 Å². The lowest BCUT2D eigenvalue weighted by Gasteiger charge is -2.26. The molecule has 16 heavy (non-hydrogen) atoms. The molecule has 1 saturated heterocycles. The predicted molar refractivity (Wildman–Crippen MR) is 71.5 cm³/mol. The third-order valence-electron chi connectivity index (χ3n) is 3.17. The Balaban J connectivity index is 2.24. The van der Waals surface area contributed by atoms with Gasteiger partial charge in [0.2, 0.25) is 0 Å². The first-order valence-electron chi connectivity index (χ1n) is 5.78. The van der Waals surface area contributed by atoms with E-state index in [1.54, 1.807) is 0 Å². The minimum Gasteiger partial charge on any atom is -0.392 e. The maximum atomic E-state index is 5.88. The van der Waals surface area contributed by atoms with Gasteiger partial charge in [-0.25, -0.2) is 0 Å². The Morgan fingerprint density at radius 2 is 1.81 bits per heavy atom. The molecular formula is C13H18N2S. The van der Waals surface area contributed by atoms with Crippen molar-refractivity contribution >= 4 is 17.2 Å². The molecular weight excluding hydrogens is 216 g/mol. The molecule has 0 aromatic heterocycles. The van der Waals surface area contributed by atoms with Crippen LogP contribution in [0.15, 0.2) is 24.3 Å². The fourth-order valence-corrected chi connectivity index (χ4v) is 2.59. The lowest BCUT2D eigenvalue weighted by Crippen LogP contribution is -2.34. The molecule has 0 amide bonds. The molecule has 2 N–H and O–H groups in total. The molecule has 2 nitrogen and oxygen atoms in total. The number of likely N-dealkylation sites (tertiary alicyclic amines) is 1. The van der Waals surface area contributed by atoms with E-state index >= 15 is 0 Å². The SMILES string of the molecule is Cc1ccc(C(C(N)=S)N2CCCC2)cc1. The molecule has 0 saturated carbocycles. The van der Waals surface area contributed by atoms with Crippen LogP contribution < -0.4 is 5.73 Å². The maximum absolute atomic E-state index is 5.88. The molecule has 1 aliphatic rings. The third-order valence-corrected chi connectivity index (χ3v) is 3.39. The first kappa shape index (κ1) is 11.6. The molecule has 1 aromatic carbocycles. The van der Waals surface area contributed by atoms with Crippen LogP contribution >= 0.6 is 12.2 Å². The average molecular weight is 234 g/mol. The molecule has 0 spiro atoms. The van der Waals surface area contributed by atoms with Gasteiger partial charge in [0.1, 0.15) is 0 Å². The van der Waals surface area contributed by atoms with Crippen molar-refractivity contribution in [3.63, 3.8) is 0 Å². The van der Waals surface area contributed by atoms with Crippen LogP contribution in [0, 0.1) is 6.92 Å². The summed E-state index contributed by atoms with van der Waals surface area (Å²) in [7, 11) is 0. The Hall–Kier alpha value is -0.930. The molecule has 1 atom stereocenters. The van der Waals surface area contributed by atoms with E-state index in [0.717, 1.165) is 13.1 Å². The van der Waals surface area contributed by atoms with Crippen LogP contribution in [0.25, 0.3) is 0 Å². The van der Waals surface area contributed by atoms with Gasteiger partial charge in [0.05, 0.1) is 11.0 Å². The fraction of sp³-hybridized carbons (Fsp3) is 0.462. The zero-order valence-corrected chi connectivity index (χ0v) is 10.5. The smallest absolute Gasteiger partial charge is 0.0948 e. The highest BCUT2D eigenvalue weighted by molar-refractivity contribution is 7.80. The van der Waals surface area contributed by atoms with E-state index in [0.29, 0.717) is 4.99 Å². The molecule has 1 fully saturated rings. The highest BCUT2D eigenvalue weighted by Crippen LogP contribution is 2.25. The molecule has 0 radical (unpaired) electrons. The van der Waals surface area contributed by atoms with Gasteiger partial charge in [-0.3, -0.25) is 4.90 Å². The highest BCUT2D eigenvalue weighted by atomic mass is 32.1. The monoisotopic (exact) mass is 234 g/mol. The minimum atomic E-state index is 0.123. The van der Waals surface area contributed by atoms with Crippen LogP contribution in [-0.4, -0.2) is 23.0 Å². The summed E-state index contributed by atoms with van der Waals surface area (Å²) in [5.41, 5.74) is 8.37. The number of rotatable bonds is 3. The molecule has 0 aliphatic carbocycles. The van der Waals surface area contributed by atoms with Gasteiger partial charge < -0.3 is 5.73 Å². The van der Waals surface area contributed by atoms with Crippen LogP contribution in [0.1, 0.15) is 30.0 Å². The molecule has 1 aliphatic heterocycles. The average Bonchev–Trinajstić information content (AvgIpc) is 2.74. The normalized spacial score (nSPS) is 18.6. The van der Waals surface area contributed by atoms with Crippen molar-refractivity contribution in [2.75, 3.05) is 13.1 Å². The summed E-state index contributed by atoms with van der Waals surface area (Å²) in [6.07, 6.45) is 2.51. The molecule has 2 rings (SSSR count). The molecule has 1 unspecified atom stereocenters. The zero-order chi connectivity index (χ0) is 11.5. The quantitative estimate of drug-likeness (QED) is 0.814. The third kappa shape index (κ3) is 2.42. The van der Waals surface area contributed by atoms with Crippen LogP contribution in [0.4, 0.5) is 0 Å². The number of hydrogen-bond donors (Lipinski definition) is 1. The molecule has 1 heterocycles. The zero-order valence-electron chi connectivity index (χ0n) is 9.65. The molecule has 0 bridgehead atoms. The Bertz CT molecular complexity index is 366. The van der Waals surface area contributed by atoms with Gasteiger partial charge >= 0.3 is 0 Å². The Labute approximate surface area is 102 Å². The number of nitrogens with zero attached hydrogens (tertiary/aromatic N) is 1. The molecule has 1 aromatic rings. The summed E-state index contributed by atoms with van der Waals surface area (Å²) >= 11 is 5.20. The van der Waals surface area contributed by atoms with Gasteiger partial charge in [0, 0.05) is 0 Å². The van der Waals surface area contributed by atoms with E-state index < -0.39 is 0 Å². The summed E-state index contributed by atoms with van der Waals surface area (Å²) in [6.45, 7) is 4.31. The first-order chi connectivity index (χ1) is 7.68.